The van der Waals surface area contributed by atoms with Crippen LogP contribution in [0.3, 0.4) is 0 Å². The normalized spacial score (nSPS) is 15.5. The monoisotopic (exact) mass is 232 g/mol. The molecule has 1 aliphatic heterocycles. The van der Waals surface area contributed by atoms with Crippen LogP contribution in [0.25, 0.3) is 0 Å². The number of rotatable bonds is 4. The van der Waals surface area contributed by atoms with Gasteiger partial charge in [0.05, 0.1) is 13.3 Å². The lowest BCUT2D eigenvalue weighted by atomic mass is 10.1. The molecule has 2 rings (SSSR count). The molecule has 1 fully saturated rings. The summed E-state index contributed by atoms with van der Waals surface area (Å²) >= 11 is 0. The van der Waals surface area contributed by atoms with Gasteiger partial charge in [0.1, 0.15) is 5.75 Å². The summed E-state index contributed by atoms with van der Waals surface area (Å²) in [6, 6.07) is 7.04. The lowest BCUT2D eigenvalue weighted by Gasteiger charge is -2.08. The number of hydrogen-bond acceptors (Lipinski definition) is 4. The first kappa shape index (κ1) is 11.6. The van der Waals surface area contributed by atoms with Crippen LogP contribution in [0.4, 0.5) is 0 Å². The largest absolute Gasteiger partial charge is 0.497 e. The number of ether oxygens (including phenoxy) is 1. The molecule has 1 heterocycles. The molecular formula is C13H16N2O2. The Labute approximate surface area is 101 Å². The number of Topliss-reactive ketones (excluding diaryl/α,β-unsaturated/α-hetero) is 1. The number of benzene rings is 1. The average Bonchev–Trinajstić information content (AvgIpc) is 2.89. The van der Waals surface area contributed by atoms with E-state index in [0.29, 0.717) is 5.56 Å². The SMILES string of the molecule is COc1ccc(C(=O)/C=N/N2CCCC2)cc1. The maximum absolute atomic E-state index is 11.8. The Bertz CT molecular complexity index is 406. The van der Waals surface area contributed by atoms with Gasteiger partial charge in [-0.2, -0.15) is 5.10 Å². The number of nitrogens with zero attached hydrogens (tertiary/aromatic N) is 2. The third-order valence-corrected chi connectivity index (χ3v) is 2.80. The summed E-state index contributed by atoms with van der Waals surface area (Å²) in [6.45, 7) is 1.90. The van der Waals surface area contributed by atoms with Gasteiger partial charge in [0, 0.05) is 18.7 Å². The Balaban J connectivity index is 1.98. The summed E-state index contributed by atoms with van der Waals surface area (Å²) in [7, 11) is 1.60. The van der Waals surface area contributed by atoms with Crippen molar-refractivity contribution in [3.05, 3.63) is 29.8 Å². The summed E-state index contributed by atoms with van der Waals surface area (Å²) in [6.07, 6.45) is 3.72. The van der Waals surface area contributed by atoms with Crippen LogP contribution in [-0.4, -0.2) is 37.2 Å². The highest BCUT2D eigenvalue weighted by Crippen LogP contribution is 2.11. The van der Waals surface area contributed by atoms with Crippen molar-refractivity contribution in [3.63, 3.8) is 0 Å². The highest BCUT2D eigenvalue weighted by molar-refractivity contribution is 6.35. The van der Waals surface area contributed by atoms with Gasteiger partial charge in [0.2, 0.25) is 5.78 Å². The first-order valence-corrected chi connectivity index (χ1v) is 5.77. The van der Waals surface area contributed by atoms with Crippen molar-refractivity contribution in [2.75, 3.05) is 20.2 Å². The quantitative estimate of drug-likeness (QED) is 0.588. The van der Waals surface area contributed by atoms with Crippen molar-refractivity contribution in [1.29, 1.82) is 0 Å². The van der Waals surface area contributed by atoms with E-state index in [2.05, 4.69) is 5.10 Å². The topological polar surface area (TPSA) is 41.9 Å². The fraction of sp³-hybridized carbons (Fsp3) is 0.385. The Morgan fingerprint density at radius 3 is 2.53 bits per heavy atom. The molecule has 17 heavy (non-hydrogen) atoms. The molecular weight excluding hydrogens is 216 g/mol. The summed E-state index contributed by atoms with van der Waals surface area (Å²) in [4.78, 5) is 11.8. The molecule has 0 saturated carbocycles. The van der Waals surface area contributed by atoms with Gasteiger partial charge in [-0.05, 0) is 37.1 Å². The maximum Gasteiger partial charge on any atom is 0.205 e. The van der Waals surface area contributed by atoms with Gasteiger partial charge in [-0.15, -0.1) is 0 Å². The third kappa shape index (κ3) is 3.06. The van der Waals surface area contributed by atoms with Gasteiger partial charge >= 0.3 is 0 Å². The zero-order valence-electron chi connectivity index (χ0n) is 9.93. The first-order valence-electron chi connectivity index (χ1n) is 5.77. The van der Waals surface area contributed by atoms with Crippen LogP contribution in [0.15, 0.2) is 29.4 Å². The number of methoxy groups -OCH3 is 1. The maximum atomic E-state index is 11.8. The molecule has 90 valence electrons. The van der Waals surface area contributed by atoms with Gasteiger partial charge in [-0.1, -0.05) is 0 Å². The van der Waals surface area contributed by atoms with Crippen LogP contribution < -0.4 is 4.74 Å². The lowest BCUT2D eigenvalue weighted by molar-refractivity contribution is 0.106. The molecule has 0 spiro atoms. The number of carbonyl (C=O) groups excluding carboxylic acids is 1. The number of hydrazone groups is 1. The Hall–Kier alpha value is -1.84. The molecule has 0 unspecified atom stereocenters. The van der Waals surface area contributed by atoms with Gasteiger partial charge in [-0.25, -0.2) is 0 Å². The van der Waals surface area contributed by atoms with Crippen LogP contribution in [0.2, 0.25) is 0 Å². The number of carbonyl (C=O) groups is 1. The van der Waals surface area contributed by atoms with Gasteiger partial charge < -0.3 is 4.74 Å². The van der Waals surface area contributed by atoms with Crippen LogP contribution in [0, 0.1) is 0 Å². The minimum absolute atomic E-state index is 0.0699. The first-order chi connectivity index (χ1) is 8.29. The third-order valence-electron chi connectivity index (χ3n) is 2.80. The summed E-state index contributed by atoms with van der Waals surface area (Å²) in [5, 5.41) is 6.10. The van der Waals surface area contributed by atoms with Crippen molar-refractivity contribution in [3.8, 4) is 5.75 Å². The molecule has 1 aliphatic rings. The van der Waals surface area contributed by atoms with E-state index in [1.54, 1.807) is 31.4 Å². The fourth-order valence-electron chi connectivity index (χ4n) is 1.78. The number of ketones is 1. The van der Waals surface area contributed by atoms with E-state index >= 15 is 0 Å². The van der Waals surface area contributed by atoms with E-state index in [1.165, 1.54) is 6.21 Å². The average molecular weight is 232 g/mol. The molecule has 1 aromatic rings. The Kier molecular flexibility index (Phi) is 3.75. The lowest BCUT2D eigenvalue weighted by Crippen LogP contribution is -2.13. The van der Waals surface area contributed by atoms with E-state index in [0.717, 1.165) is 31.7 Å². The highest BCUT2D eigenvalue weighted by Gasteiger charge is 2.09. The zero-order valence-corrected chi connectivity index (χ0v) is 9.93. The molecule has 0 bridgehead atoms. The molecule has 0 amide bonds. The van der Waals surface area contributed by atoms with E-state index in [1.807, 2.05) is 5.01 Å². The molecule has 0 aromatic heterocycles. The standard InChI is InChI=1S/C13H16N2O2/c1-17-12-6-4-11(5-7-12)13(16)10-14-15-8-2-3-9-15/h4-7,10H,2-3,8-9H2,1H3/b14-10+. The molecule has 0 atom stereocenters. The fourth-order valence-corrected chi connectivity index (χ4v) is 1.78. The van der Waals surface area contributed by atoms with Crippen molar-refractivity contribution in [2.24, 2.45) is 5.10 Å². The molecule has 4 heteroatoms. The van der Waals surface area contributed by atoms with Gasteiger partial charge in [0.25, 0.3) is 0 Å². The predicted molar refractivity (Wildman–Crippen MR) is 66.6 cm³/mol. The number of hydrogen-bond donors (Lipinski definition) is 0. The van der Waals surface area contributed by atoms with E-state index in [-0.39, 0.29) is 5.78 Å². The zero-order chi connectivity index (χ0) is 12.1. The minimum Gasteiger partial charge on any atom is -0.497 e. The Morgan fingerprint density at radius 2 is 1.94 bits per heavy atom. The van der Waals surface area contributed by atoms with Crippen LogP contribution in [0.5, 0.6) is 5.75 Å². The summed E-state index contributed by atoms with van der Waals surface area (Å²) < 4.78 is 5.04. The van der Waals surface area contributed by atoms with Gasteiger partial charge in [-0.3, -0.25) is 9.80 Å². The van der Waals surface area contributed by atoms with Crippen molar-refractivity contribution >= 4 is 12.0 Å². The van der Waals surface area contributed by atoms with Crippen molar-refractivity contribution in [1.82, 2.24) is 5.01 Å². The molecule has 0 aliphatic carbocycles. The smallest absolute Gasteiger partial charge is 0.205 e. The highest BCUT2D eigenvalue weighted by atomic mass is 16.5. The molecule has 0 N–H and O–H groups in total. The van der Waals surface area contributed by atoms with Crippen molar-refractivity contribution in [2.45, 2.75) is 12.8 Å². The molecule has 0 radical (unpaired) electrons. The van der Waals surface area contributed by atoms with Crippen LogP contribution >= 0.6 is 0 Å². The summed E-state index contributed by atoms with van der Waals surface area (Å²) in [5.41, 5.74) is 0.633. The second-order valence-electron chi connectivity index (χ2n) is 4.00. The summed E-state index contributed by atoms with van der Waals surface area (Å²) in [5.74, 6) is 0.678. The van der Waals surface area contributed by atoms with E-state index in [9.17, 15) is 4.79 Å². The molecule has 1 saturated heterocycles. The van der Waals surface area contributed by atoms with Gasteiger partial charge in [0.15, 0.2) is 0 Å². The minimum atomic E-state index is -0.0699. The molecule has 1 aromatic carbocycles. The second kappa shape index (κ2) is 5.48. The Morgan fingerprint density at radius 1 is 1.29 bits per heavy atom. The van der Waals surface area contributed by atoms with E-state index < -0.39 is 0 Å². The van der Waals surface area contributed by atoms with Crippen LogP contribution in [-0.2, 0) is 0 Å². The van der Waals surface area contributed by atoms with E-state index in [4.69, 9.17) is 4.74 Å². The predicted octanol–water partition coefficient (Wildman–Crippen LogP) is 1.96. The molecule has 4 nitrogen and oxygen atoms in total. The van der Waals surface area contributed by atoms with Crippen molar-refractivity contribution < 1.29 is 9.53 Å². The second-order valence-corrected chi connectivity index (χ2v) is 4.00. The van der Waals surface area contributed by atoms with Crippen LogP contribution in [0.1, 0.15) is 23.2 Å².